The van der Waals surface area contributed by atoms with Gasteiger partial charge in [-0.15, -0.1) is 0 Å². The van der Waals surface area contributed by atoms with E-state index in [2.05, 4.69) is 10.3 Å². The van der Waals surface area contributed by atoms with Gasteiger partial charge in [0, 0.05) is 12.6 Å². The van der Waals surface area contributed by atoms with Gasteiger partial charge in [0.1, 0.15) is 11.9 Å². The number of ether oxygens (including phenoxy) is 2. The Labute approximate surface area is 125 Å². The van der Waals surface area contributed by atoms with Crippen LogP contribution in [0, 0.1) is 0 Å². The summed E-state index contributed by atoms with van der Waals surface area (Å²) in [6, 6.07) is 3.62. The molecule has 0 spiro atoms. The second-order valence-corrected chi connectivity index (χ2v) is 3.02. The molecule has 0 amide bonds. The van der Waals surface area contributed by atoms with Gasteiger partial charge in [0.25, 0.3) is 0 Å². The standard InChI is InChI=1S/C10H16N2O2.3C2H6/c1-8(6-11-2)14-10-5-4-9(13-3)7-12-10;3*1-2/h4-5,7-8,11H,6H2,1-3H3;3*1-2H3. The molecule has 0 aliphatic heterocycles. The Balaban J connectivity index is -0.000000425. The van der Waals surface area contributed by atoms with Crippen molar-refractivity contribution in [2.75, 3.05) is 20.7 Å². The zero-order valence-corrected chi connectivity index (χ0v) is 14.8. The highest BCUT2D eigenvalue weighted by atomic mass is 16.5. The van der Waals surface area contributed by atoms with Crippen molar-refractivity contribution in [2.45, 2.75) is 54.6 Å². The van der Waals surface area contributed by atoms with Gasteiger partial charge in [-0.1, -0.05) is 41.5 Å². The van der Waals surface area contributed by atoms with Crippen LogP contribution in [0.25, 0.3) is 0 Å². The minimum Gasteiger partial charge on any atom is -0.495 e. The largest absolute Gasteiger partial charge is 0.495 e. The summed E-state index contributed by atoms with van der Waals surface area (Å²) in [5.41, 5.74) is 0. The Kier molecular flexibility index (Phi) is 23.8. The van der Waals surface area contributed by atoms with E-state index in [0.29, 0.717) is 5.88 Å². The Morgan fingerprint density at radius 2 is 1.65 bits per heavy atom. The van der Waals surface area contributed by atoms with Crippen molar-refractivity contribution < 1.29 is 9.47 Å². The van der Waals surface area contributed by atoms with E-state index in [4.69, 9.17) is 9.47 Å². The van der Waals surface area contributed by atoms with Crippen LogP contribution in [0.4, 0.5) is 0 Å². The fourth-order valence-corrected chi connectivity index (χ4v) is 1.09. The molecule has 1 rings (SSSR count). The van der Waals surface area contributed by atoms with Gasteiger partial charge in [-0.05, 0) is 20.0 Å². The highest BCUT2D eigenvalue weighted by molar-refractivity contribution is 5.22. The average molecular weight is 286 g/mol. The maximum atomic E-state index is 5.53. The van der Waals surface area contributed by atoms with E-state index >= 15 is 0 Å². The van der Waals surface area contributed by atoms with E-state index in [1.165, 1.54) is 0 Å². The van der Waals surface area contributed by atoms with E-state index in [1.807, 2.05) is 61.6 Å². The molecule has 0 aliphatic carbocycles. The molecule has 0 aliphatic rings. The first-order chi connectivity index (χ1) is 9.76. The predicted molar refractivity (Wildman–Crippen MR) is 88.8 cm³/mol. The topological polar surface area (TPSA) is 43.4 Å². The van der Waals surface area contributed by atoms with Crippen LogP contribution in [0.5, 0.6) is 11.6 Å². The highest BCUT2D eigenvalue weighted by Gasteiger charge is 2.03. The van der Waals surface area contributed by atoms with Crippen LogP contribution < -0.4 is 14.8 Å². The van der Waals surface area contributed by atoms with Crippen molar-refractivity contribution in [3.8, 4) is 11.6 Å². The lowest BCUT2D eigenvalue weighted by molar-refractivity contribution is 0.211. The Morgan fingerprint density at radius 3 is 2.00 bits per heavy atom. The minimum absolute atomic E-state index is 0.112. The molecular weight excluding hydrogens is 252 g/mol. The van der Waals surface area contributed by atoms with Crippen molar-refractivity contribution in [3.05, 3.63) is 18.3 Å². The summed E-state index contributed by atoms with van der Waals surface area (Å²) in [6.45, 7) is 14.8. The normalized spacial score (nSPS) is 9.45. The lowest BCUT2D eigenvalue weighted by Gasteiger charge is -2.12. The molecule has 1 aromatic rings. The maximum Gasteiger partial charge on any atom is 0.213 e. The molecule has 0 bridgehead atoms. The number of hydrogen-bond acceptors (Lipinski definition) is 4. The second kappa shape index (κ2) is 20.0. The Hall–Kier alpha value is -1.29. The number of aromatic nitrogens is 1. The Bertz CT molecular complexity index is 264. The van der Waals surface area contributed by atoms with Gasteiger partial charge >= 0.3 is 0 Å². The third-order valence-corrected chi connectivity index (χ3v) is 1.76. The smallest absolute Gasteiger partial charge is 0.213 e. The molecule has 1 N–H and O–H groups in total. The summed E-state index contributed by atoms with van der Waals surface area (Å²) in [5, 5.41) is 3.03. The maximum absolute atomic E-state index is 5.53. The van der Waals surface area contributed by atoms with Crippen LogP contribution in [-0.2, 0) is 0 Å². The zero-order valence-electron chi connectivity index (χ0n) is 14.8. The zero-order chi connectivity index (χ0) is 16.4. The monoisotopic (exact) mass is 286 g/mol. The van der Waals surface area contributed by atoms with Gasteiger partial charge in [-0.2, -0.15) is 0 Å². The van der Waals surface area contributed by atoms with Gasteiger partial charge in [-0.25, -0.2) is 4.98 Å². The number of rotatable bonds is 5. The molecule has 0 aromatic carbocycles. The SMILES string of the molecule is CC.CC.CC.CNCC(C)Oc1ccc(OC)cn1. The van der Waals surface area contributed by atoms with E-state index in [-0.39, 0.29) is 6.10 Å². The molecular formula is C16H34N2O2. The number of nitrogens with one attached hydrogen (secondary N) is 1. The van der Waals surface area contributed by atoms with Crippen molar-refractivity contribution in [2.24, 2.45) is 0 Å². The molecule has 0 fully saturated rings. The van der Waals surface area contributed by atoms with Crippen molar-refractivity contribution >= 4 is 0 Å². The fraction of sp³-hybridized carbons (Fsp3) is 0.688. The number of nitrogens with zero attached hydrogens (tertiary/aromatic N) is 1. The quantitative estimate of drug-likeness (QED) is 0.883. The molecule has 1 unspecified atom stereocenters. The molecule has 0 saturated heterocycles. The molecule has 1 heterocycles. The van der Waals surface area contributed by atoms with Gasteiger partial charge in [0.15, 0.2) is 0 Å². The number of pyridine rings is 1. The molecule has 120 valence electrons. The molecule has 4 nitrogen and oxygen atoms in total. The van der Waals surface area contributed by atoms with E-state index in [1.54, 1.807) is 19.4 Å². The highest BCUT2D eigenvalue weighted by Crippen LogP contribution is 2.13. The first-order valence-corrected chi connectivity index (χ1v) is 7.57. The van der Waals surface area contributed by atoms with Crippen LogP contribution in [0.3, 0.4) is 0 Å². The number of likely N-dealkylation sites (N-methyl/N-ethyl adjacent to an activating group) is 1. The summed E-state index contributed by atoms with van der Waals surface area (Å²) in [4.78, 5) is 4.10. The number of hydrogen-bond donors (Lipinski definition) is 1. The molecule has 20 heavy (non-hydrogen) atoms. The lowest BCUT2D eigenvalue weighted by atomic mass is 10.4. The molecule has 4 heteroatoms. The molecule has 1 aromatic heterocycles. The van der Waals surface area contributed by atoms with Crippen molar-refractivity contribution in [3.63, 3.8) is 0 Å². The third kappa shape index (κ3) is 13.1. The second-order valence-electron chi connectivity index (χ2n) is 3.02. The predicted octanol–water partition coefficient (Wildman–Crippen LogP) is 4.16. The first kappa shape index (κ1) is 23.8. The average Bonchev–Trinajstić information content (AvgIpc) is 2.54. The van der Waals surface area contributed by atoms with Crippen LogP contribution in [0.15, 0.2) is 18.3 Å². The molecule has 0 radical (unpaired) electrons. The van der Waals surface area contributed by atoms with Crippen molar-refractivity contribution in [1.82, 2.24) is 10.3 Å². The lowest BCUT2D eigenvalue weighted by Crippen LogP contribution is -2.26. The van der Waals surface area contributed by atoms with Gasteiger partial charge in [-0.3, -0.25) is 0 Å². The first-order valence-electron chi connectivity index (χ1n) is 7.57. The van der Waals surface area contributed by atoms with Gasteiger partial charge in [0.2, 0.25) is 5.88 Å². The fourth-order valence-electron chi connectivity index (χ4n) is 1.09. The summed E-state index contributed by atoms with van der Waals surface area (Å²) in [5.74, 6) is 1.35. The van der Waals surface area contributed by atoms with Crippen LogP contribution >= 0.6 is 0 Å². The molecule has 0 saturated carbocycles. The summed E-state index contributed by atoms with van der Waals surface area (Å²) in [6.07, 6.45) is 1.75. The van der Waals surface area contributed by atoms with Crippen LogP contribution in [0.2, 0.25) is 0 Å². The van der Waals surface area contributed by atoms with Crippen LogP contribution in [0.1, 0.15) is 48.5 Å². The summed E-state index contributed by atoms with van der Waals surface area (Å²) < 4.78 is 10.5. The summed E-state index contributed by atoms with van der Waals surface area (Å²) >= 11 is 0. The Morgan fingerprint density at radius 1 is 1.10 bits per heavy atom. The van der Waals surface area contributed by atoms with E-state index < -0.39 is 0 Å². The summed E-state index contributed by atoms with van der Waals surface area (Å²) in [7, 11) is 3.50. The molecule has 1 atom stereocenters. The minimum atomic E-state index is 0.112. The van der Waals surface area contributed by atoms with Crippen LogP contribution in [-0.4, -0.2) is 31.8 Å². The van der Waals surface area contributed by atoms with Gasteiger partial charge in [0.05, 0.1) is 13.3 Å². The van der Waals surface area contributed by atoms with E-state index in [0.717, 1.165) is 12.3 Å². The van der Waals surface area contributed by atoms with E-state index in [9.17, 15) is 0 Å². The van der Waals surface area contributed by atoms with Crippen molar-refractivity contribution in [1.29, 1.82) is 0 Å². The van der Waals surface area contributed by atoms with Gasteiger partial charge < -0.3 is 14.8 Å². The number of methoxy groups -OCH3 is 1. The third-order valence-electron chi connectivity index (χ3n) is 1.76.